The van der Waals surface area contributed by atoms with Crippen LogP contribution in [0.4, 0.5) is 0 Å². The van der Waals surface area contributed by atoms with E-state index in [0.717, 1.165) is 11.3 Å². The van der Waals surface area contributed by atoms with Crippen molar-refractivity contribution in [2.24, 2.45) is 5.73 Å². The fourth-order valence-electron chi connectivity index (χ4n) is 4.99. The van der Waals surface area contributed by atoms with Gasteiger partial charge in [-0.05, 0) is 54.8 Å². The zero-order valence-electron chi connectivity index (χ0n) is 18.9. The summed E-state index contributed by atoms with van der Waals surface area (Å²) in [5.41, 5.74) is 5.32. The number of fused-ring (bicyclic) bond motifs is 2. The van der Waals surface area contributed by atoms with Crippen LogP contribution in [0.3, 0.4) is 0 Å². The van der Waals surface area contributed by atoms with Crippen LogP contribution in [0.25, 0.3) is 10.8 Å². The molecule has 0 saturated heterocycles. The second kappa shape index (κ2) is 8.58. The number of carbonyl (C=O) groups is 3. The van der Waals surface area contributed by atoms with E-state index in [1.54, 1.807) is 54.6 Å². The molecule has 1 heterocycles. The fraction of sp³-hybridized carbons (Fsp3) is 0.269. The van der Waals surface area contributed by atoms with Crippen LogP contribution in [-0.2, 0) is 25.6 Å². The summed E-state index contributed by atoms with van der Waals surface area (Å²) in [5, 5.41) is 0.933. The van der Waals surface area contributed by atoms with Crippen LogP contribution in [0.1, 0.15) is 58.4 Å². The number of benzene rings is 3. The molecule has 1 aliphatic heterocycles. The minimum atomic E-state index is -4.35. The Hall–Kier alpha value is -3.56. The summed E-state index contributed by atoms with van der Waals surface area (Å²) >= 11 is 0. The van der Waals surface area contributed by atoms with E-state index in [9.17, 15) is 22.8 Å². The van der Waals surface area contributed by atoms with E-state index in [1.165, 1.54) is 6.07 Å². The highest BCUT2D eigenvalue weighted by atomic mass is 32.2. The fourth-order valence-corrected chi connectivity index (χ4v) is 6.43. The van der Waals surface area contributed by atoms with Crippen molar-refractivity contribution < 1.29 is 27.0 Å². The lowest BCUT2D eigenvalue weighted by Crippen LogP contribution is -2.49. The van der Waals surface area contributed by atoms with Gasteiger partial charge in [0.15, 0.2) is 5.60 Å². The summed E-state index contributed by atoms with van der Waals surface area (Å²) in [7, 11) is -4.35. The van der Waals surface area contributed by atoms with Crippen LogP contribution < -0.4 is 5.73 Å². The molecule has 35 heavy (non-hydrogen) atoms. The summed E-state index contributed by atoms with van der Waals surface area (Å²) in [6.07, 6.45) is 2.68. The molecule has 2 aliphatic rings. The minimum Gasteiger partial charge on any atom is -0.367 e. The summed E-state index contributed by atoms with van der Waals surface area (Å²) in [6, 6.07) is 16.4. The van der Waals surface area contributed by atoms with Crippen molar-refractivity contribution in [3.8, 4) is 0 Å². The molecule has 2 N–H and O–H groups in total. The smallest absolute Gasteiger partial charge is 0.298 e. The molecule has 3 aromatic carbocycles. The van der Waals surface area contributed by atoms with Crippen molar-refractivity contribution in [3.05, 3.63) is 77.4 Å². The third-order valence-corrected chi connectivity index (χ3v) is 8.26. The van der Waals surface area contributed by atoms with Gasteiger partial charge < -0.3 is 5.73 Å². The van der Waals surface area contributed by atoms with Gasteiger partial charge in [0.05, 0.1) is 17.7 Å². The molecule has 8 nitrogen and oxygen atoms in total. The van der Waals surface area contributed by atoms with Crippen LogP contribution in [0, 0.1) is 0 Å². The van der Waals surface area contributed by atoms with Crippen LogP contribution in [0.2, 0.25) is 0 Å². The van der Waals surface area contributed by atoms with Crippen LogP contribution in [0.5, 0.6) is 0 Å². The molecule has 0 aromatic heterocycles. The molecule has 9 heteroatoms. The minimum absolute atomic E-state index is 0.0146. The molecular formula is C26H24N2O6S. The second-order valence-corrected chi connectivity index (χ2v) is 10.5. The largest absolute Gasteiger partial charge is 0.367 e. The SMILES string of the molecule is NC(=O)C1(OS(=O)(=O)c2ccc(CN3C(=O)c4ccccc4C3=O)c3ccccc23)CCCCC1. The maximum absolute atomic E-state index is 13.4. The summed E-state index contributed by atoms with van der Waals surface area (Å²) in [5.74, 6) is -1.57. The van der Waals surface area contributed by atoms with Gasteiger partial charge in [-0.15, -0.1) is 0 Å². The maximum Gasteiger partial charge on any atom is 0.298 e. The van der Waals surface area contributed by atoms with Gasteiger partial charge in [-0.1, -0.05) is 48.9 Å². The topological polar surface area (TPSA) is 124 Å². The predicted octanol–water partition coefficient (Wildman–Crippen LogP) is 3.53. The number of hydrogen-bond donors (Lipinski definition) is 1. The molecule has 5 rings (SSSR count). The monoisotopic (exact) mass is 492 g/mol. The lowest BCUT2D eigenvalue weighted by Gasteiger charge is -2.33. The lowest BCUT2D eigenvalue weighted by atomic mass is 9.84. The van der Waals surface area contributed by atoms with Gasteiger partial charge in [0.1, 0.15) is 4.90 Å². The van der Waals surface area contributed by atoms with Crippen LogP contribution >= 0.6 is 0 Å². The Labute approximate surface area is 202 Å². The third kappa shape index (κ3) is 3.90. The van der Waals surface area contributed by atoms with E-state index >= 15 is 0 Å². The van der Waals surface area contributed by atoms with Gasteiger partial charge in [-0.2, -0.15) is 8.42 Å². The molecule has 0 atom stereocenters. The quantitative estimate of drug-likeness (QED) is 0.415. The standard InChI is InChI=1S/C26H24N2O6S/c27-25(31)26(14-6-1-7-15-26)34-35(32,33)22-13-12-17(18-8-2-3-9-19(18)22)16-28-23(29)20-10-4-5-11-21(20)24(28)30/h2-5,8-13H,1,6-7,14-16H2,(H2,27,31). The van der Waals surface area contributed by atoms with E-state index in [0.29, 0.717) is 40.3 Å². The number of amides is 3. The molecule has 0 bridgehead atoms. The summed E-state index contributed by atoms with van der Waals surface area (Å²) in [6.45, 7) is -0.0146. The molecular weight excluding hydrogens is 468 g/mol. The number of hydrogen-bond acceptors (Lipinski definition) is 6. The average molecular weight is 493 g/mol. The molecule has 0 unspecified atom stereocenters. The van der Waals surface area contributed by atoms with E-state index in [4.69, 9.17) is 9.92 Å². The first kappa shape index (κ1) is 23.2. The van der Waals surface area contributed by atoms with Crippen molar-refractivity contribution >= 4 is 38.6 Å². The zero-order valence-corrected chi connectivity index (χ0v) is 19.7. The normalized spacial score (nSPS) is 17.5. The van der Waals surface area contributed by atoms with Gasteiger partial charge >= 0.3 is 0 Å². The van der Waals surface area contributed by atoms with E-state index in [2.05, 4.69) is 0 Å². The van der Waals surface area contributed by atoms with Crippen molar-refractivity contribution in [1.29, 1.82) is 0 Å². The van der Waals surface area contributed by atoms with Crippen LogP contribution in [-0.4, -0.2) is 36.6 Å². The number of carbonyl (C=O) groups excluding carboxylic acids is 3. The Balaban J connectivity index is 1.52. The molecule has 1 aliphatic carbocycles. The second-order valence-electron chi connectivity index (χ2n) is 8.97. The van der Waals surface area contributed by atoms with Gasteiger partial charge in [0.2, 0.25) is 0 Å². The molecule has 0 radical (unpaired) electrons. The van der Waals surface area contributed by atoms with Crippen molar-refractivity contribution in [2.45, 2.75) is 49.1 Å². The van der Waals surface area contributed by atoms with Gasteiger partial charge in [-0.25, -0.2) is 4.18 Å². The van der Waals surface area contributed by atoms with Crippen molar-refractivity contribution in [3.63, 3.8) is 0 Å². The van der Waals surface area contributed by atoms with Crippen molar-refractivity contribution in [1.82, 2.24) is 4.90 Å². The summed E-state index contributed by atoms with van der Waals surface area (Å²) < 4.78 is 32.3. The molecule has 0 spiro atoms. The number of primary amides is 1. The average Bonchev–Trinajstić information content (AvgIpc) is 3.09. The first-order valence-electron chi connectivity index (χ1n) is 11.4. The maximum atomic E-state index is 13.4. The molecule has 3 aromatic rings. The van der Waals surface area contributed by atoms with Crippen molar-refractivity contribution in [2.75, 3.05) is 0 Å². The molecule has 1 fully saturated rings. The van der Waals surface area contributed by atoms with Gasteiger partial charge in [-0.3, -0.25) is 19.3 Å². The third-order valence-electron chi connectivity index (χ3n) is 6.83. The number of nitrogens with two attached hydrogens (primary N) is 1. The van der Waals surface area contributed by atoms with Gasteiger partial charge in [0, 0.05) is 5.39 Å². The lowest BCUT2D eigenvalue weighted by molar-refractivity contribution is -0.135. The molecule has 3 amide bonds. The van der Waals surface area contributed by atoms with E-state index in [1.807, 2.05) is 0 Å². The summed E-state index contributed by atoms with van der Waals surface area (Å²) in [4.78, 5) is 39.0. The Bertz CT molecular complexity index is 1440. The Kier molecular flexibility index (Phi) is 5.69. The first-order chi connectivity index (χ1) is 16.7. The molecule has 1 saturated carbocycles. The molecule has 180 valence electrons. The zero-order chi connectivity index (χ0) is 24.8. The first-order valence-corrected chi connectivity index (χ1v) is 12.9. The Morgan fingerprint density at radius 1 is 0.857 bits per heavy atom. The highest BCUT2D eigenvalue weighted by Gasteiger charge is 2.44. The predicted molar refractivity (Wildman–Crippen MR) is 128 cm³/mol. The van der Waals surface area contributed by atoms with E-state index < -0.39 is 33.4 Å². The van der Waals surface area contributed by atoms with Gasteiger partial charge in [0.25, 0.3) is 27.8 Å². The Morgan fingerprint density at radius 2 is 1.43 bits per heavy atom. The number of rotatable bonds is 6. The number of nitrogens with zero attached hydrogens (tertiary/aromatic N) is 1. The van der Waals surface area contributed by atoms with E-state index in [-0.39, 0.29) is 24.3 Å². The highest BCUT2D eigenvalue weighted by Crippen LogP contribution is 2.37. The van der Waals surface area contributed by atoms with Crippen LogP contribution in [0.15, 0.2) is 65.6 Å². The number of imide groups is 1. The Morgan fingerprint density at radius 3 is 2.03 bits per heavy atom. The highest BCUT2D eigenvalue weighted by molar-refractivity contribution is 7.87.